The van der Waals surface area contributed by atoms with Crippen LogP contribution in [0.1, 0.15) is 32.2 Å². The summed E-state index contributed by atoms with van der Waals surface area (Å²) >= 11 is 10.5. The highest BCUT2D eigenvalue weighted by Crippen LogP contribution is 2.42. The number of nitrogens with one attached hydrogen (secondary N) is 1. The average Bonchev–Trinajstić information content (AvgIpc) is 2.89. The summed E-state index contributed by atoms with van der Waals surface area (Å²) in [5, 5.41) is 7.77. The van der Waals surface area contributed by atoms with Crippen LogP contribution in [0.5, 0.6) is 11.5 Å². The summed E-state index contributed by atoms with van der Waals surface area (Å²) in [6, 6.07) is 16.2. The van der Waals surface area contributed by atoms with Crippen molar-refractivity contribution in [2.75, 3.05) is 19.0 Å². The van der Waals surface area contributed by atoms with E-state index in [1.165, 1.54) is 11.8 Å². The number of fused-ring (bicyclic) bond motifs is 1. The van der Waals surface area contributed by atoms with E-state index in [1.807, 2.05) is 51.1 Å². The van der Waals surface area contributed by atoms with E-state index in [1.54, 1.807) is 30.5 Å². The van der Waals surface area contributed by atoms with Crippen molar-refractivity contribution in [3.8, 4) is 11.5 Å². The largest absolute Gasteiger partial charge is 0.493 e. The topological polar surface area (TPSA) is 94.8 Å². The van der Waals surface area contributed by atoms with Crippen LogP contribution < -0.4 is 20.3 Å². The molecule has 0 bridgehead atoms. The first-order valence-electron chi connectivity index (χ1n) is 11.8. The molecule has 1 amide bonds. The molecule has 1 aromatic heterocycles. The molecule has 0 atom stereocenters. The van der Waals surface area contributed by atoms with Crippen LogP contribution in [0.25, 0.3) is 10.9 Å². The highest BCUT2D eigenvalue weighted by atomic mass is 79.9. The van der Waals surface area contributed by atoms with Gasteiger partial charge in [-0.3, -0.25) is 9.59 Å². The van der Waals surface area contributed by atoms with Crippen molar-refractivity contribution in [2.24, 2.45) is 5.10 Å². The van der Waals surface area contributed by atoms with Crippen molar-refractivity contribution in [2.45, 2.75) is 26.2 Å². The zero-order valence-corrected chi connectivity index (χ0v) is 26.3. The lowest BCUT2D eigenvalue weighted by Crippen LogP contribution is -2.29. The van der Waals surface area contributed by atoms with Gasteiger partial charge in [0.25, 0.3) is 11.5 Å². The Labute approximate surface area is 250 Å². The van der Waals surface area contributed by atoms with Crippen LogP contribution in [-0.4, -0.2) is 35.5 Å². The van der Waals surface area contributed by atoms with Gasteiger partial charge in [-0.2, -0.15) is 9.78 Å². The van der Waals surface area contributed by atoms with Crippen molar-refractivity contribution >= 4 is 76.5 Å². The third-order valence-electron chi connectivity index (χ3n) is 5.57. The molecule has 8 nitrogen and oxygen atoms in total. The maximum absolute atomic E-state index is 13.5. The Bertz CT molecular complexity index is 1630. The number of halogens is 3. The molecule has 3 aromatic carbocycles. The number of para-hydroxylation sites is 1. The zero-order chi connectivity index (χ0) is 28.3. The smallest absolute Gasteiger partial charge is 0.282 e. The normalized spacial score (nSPS) is 11.7. The van der Waals surface area contributed by atoms with Crippen molar-refractivity contribution < 1.29 is 14.3 Å². The maximum Gasteiger partial charge on any atom is 0.282 e. The first-order chi connectivity index (χ1) is 18.5. The lowest BCUT2D eigenvalue weighted by atomic mass is 9.95. The molecule has 4 rings (SSSR count). The third-order valence-corrected chi connectivity index (χ3v) is 8.21. The number of amides is 1. The predicted octanol–water partition coefficient (Wildman–Crippen LogP) is 6.89. The molecule has 1 N–H and O–H groups in total. The highest BCUT2D eigenvalue weighted by Gasteiger charge is 2.23. The molecule has 202 valence electrons. The van der Waals surface area contributed by atoms with Crippen LogP contribution in [0.4, 0.5) is 5.69 Å². The second kappa shape index (κ2) is 12.0. The molecule has 0 aliphatic carbocycles. The fraction of sp³-hybridized carbons (Fsp3) is 0.214. The molecule has 0 aliphatic heterocycles. The molecule has 39 heavy (non-hydrogen) atoms. The fourth-order valence-corrected chi connectivity index (χ4v) is 5.00. The van der Waals surface area contributed by atoms with E-state index in [0.717, 1.165) is 4.47 Å². The number of carbonyl (C=O) groups is 1. The number of aromatic nitrogens is 2. The SMILES string of the molecule is COc1cc(C=Nn2c(C(C)(C)C)nc3ccc(Br)cc3c2=O)c(Br)c(Br)c1OCC(=O)Nc1ccccc1. The monoisotopic (exact) mass is 718 g/mol. The van der Waals surface area contributed by atoms with Crippen molar-refractivity contribution in [3.05, 3.63) is 89.8 Å². The van der Waals surface area contributed by atoms with Gasteiger partial charge in [-0.15, -0.1) is 0 Å². The van der Waals surface area contributed by atoms with E-state index in [4.69, 9.17) is 14.5 Å². The van der Waals surface area contributed by atoms with Crippen LogP contribution in [0.2, 0.25) is 0 Å². The Kier molecular flexibility index (Phi) is 8.93. The van der Waals surface area contributed by atoms with Crippen molar-refractivity contribution in [3.63, 3.8) is 0 Å². The Hall–Kier alpha value is -3.02. The van der Waals surface area contributed by atoms with Gasteiger partial charge < -0.3 is 14.8 Å². The zero-order valence-electron chi connectivity index (χ0n) is 21.6. The average molecular weight is 721 g/mol. The molecule has 1 heterocycles. The van der Waals surface area contributed by atoms with Crippen LogP contribution in [-0.2, 0) is 10.2 Å². The minimum atomic E-state index is -0.453. The van der Waals surface area contributed by atoms with Gasteiger partial charge >= 0.3 is 0 Å². The van der Waals surface area contributed by atoms with Crippen LogP contribution in [0, 0.1) is 0 Å². The number of methoxy groups -OCH3 is 1. The number of benzene rings is 3. The van der Waals surface area contributed by atoms with E-state index in [0.29, 0.717) is 48.4 Å². The third kappa shape index (κ3) is 6.59. The quantitative estimate of drug-likeness (QED) is 0.210. The van der Waals surface area contributed by atoms with Gasteiger partial charge in [-0.1, -0.05) is 54.9 Å². The highest BCUT2D eigenvalue weighted by molar-refractivity contribution is 9.13. The number of nitrogens with zero attached hydrogens (tertiary/aromatic N) is 3. The summed E-state index contributed by atoms with van der Waals surface area (Å²) in [5.74, 6) is 0.920. The molecule has 11 heteroatoms. The lowest BCUT2D eigenvalue weighted by molar-refractivity contribution is -0.118. The fourth-order valence-electron chi connectivity index (χ4n) is 3.70. The molecule has 0 radical (unpaired) electrons. The summed E-state index contributed by atoms with van der Waals surface area (Å²) < 4.78 is 14.6. The standard InChI is InChI=1S/C28H25Br3N4O4/c1-28(2,3)27-34-20-11-10-17(29)13-19(20)26(37)35(27)32-14-16-12-21(38-4)25(24(31)23(16)30)39-15-22(36)33-18-8-6-5-7-9-18/h5-14H,15H2,1-4H3,(H,33,36). The van der Waals surface area contributed by atoms with E-state index in [2.05, 4.69) is 58.2 Å². The van der Waals surface area contributed by atoms with Crippen molar-refractivity contribution in [1.29, 1.82) is 0 Å². The molecule has 0 fully saturated rings. The summed E-state index contributed by atoms with van der Waals surface area (Å²) in [6.07, 6.45) is 1.55. The molecule has 0 unspecified atom stereocenters. The van der Waals surface area contributed by atoms with E-state index in [9.17, 15) is 9.59 Å². The molecular formula is C28H25Br3N4O4. The van der Waals surface area contributed by atoms with Gasteiger partial charge in [0.2, 0.25) is 0 Å². The van der Waals surface area contributed by atoms with E-state index >= 15 is 0 Å². The van der Waals surface area contributed by atoms with Crippen LogP contribution in [0.15, 0.2) is 77.9 Å². The number of hydrogen-bond donors (Lipinski definition) is 1. The van der Waals surface area contributed by atoms with Gasteiger partial charge in [0.1, 0.15) is 5.82 Å². The molecular weight excluding hydrogens is 696 g/mol. The van der Waals surface area contributed by atoms with Gasteiger partial charge in [-0.05, 0) is 68.3 Å². The summed E-state index contributed by atoms with van der Waals surface area (Å²) in [7, 11) is 1.50. The molecule has 0 saturated carbocycles. The lowest BCUT2D eigenvalue weighted by Gasteiger charge is -2.21. The van der Waals surface area contributed by atoms with Gasteiger partial charge in [0, 0.05) is 25.6 Å². The number of ether oxygens (including phenoxy) is 2. The molecule has 0 spiro atoms. The number of rotatable bonds is 7. The number of anilines is 1. The Morgan fingerprint density at radius 2 is 1.79 bits per heavy atom. The molecule has 4 aromatic rings. The van der Waals surface area contributed by atoms with E-state index < -0.39 is 5.41 Å². The van der Waals surface area contributed by atoms with Gasteiger partial charge in [-0.25, -0.2) is 4.98 Å². The Morgan fingerprint density at radius 1 is 1.08 bits per heavy atom. The van der Waals surface area contributed by atoms with Crippen molar-refractivity contribution in [1.82, 2.24) is 9.66 Å². The minimum Gasteiger partial charge on any atom is -0.493 e. The first kappa shape index (κ1) is 29.0. The first-order valence-corrected chi connectivity index (χ1v) is 14.2. The van der Waals surface area contributed by atoms with Gasteiger partial charge in [0.15, 0.2) is 18.1 Å². The van der Waals surface area contributed by atoms with Gasteiger partial charge in [0.05, 0.1) is 28.7 Å². The Morgan fingerprint density at radius 3 is 2.46 bits per heavy atom. The summed E-state index contributed by atoms with van der Waals surface area (Å²) in [5.41, 5.74) is 1.15. The minimum absolute atomic E-state index is 0.230. The summed E-state index contributed by atoms with van der Waals surface area (Å²) in [4.78, 5) is 30.6. The number of carbonyl (C=O) groups excluding carboxylic acids is 1. The van der Waals surface area contributed by atoms with Crippen LogP contribution >= 0.6 is 47.8 Å². The Balaban J connectivity index is 1.68. The second-order valence-electron chi connectivity index (χ2n) is 9.54. The molecule has 0 aliphatic rings. The maximum atomic E-state index is 13.5. The number of hydrogen-bond acceptors (Lipinski definition) is 6. The molecule has 0 saturated heterocycles. The predicted molar refractivity (Wildman–Crippen MR) is 164 cm³/mol. The van der Waals surface area contributed by atoms with E-state index in [-0.39, 0.29) is 18.1 Å². The second-order valence-corrected chi connectivity index (χ2v) is 12.0. The summed E-state index contributed by atoms with van der Waals surface area (Å²) in [6.45, 7) is 5.69. The van der Waals surface area contributed by atoms with Crippen LogP contribution in [0.3, 0.4) is 0 Å².